The average molecular weight is 417 g/mol. The Hall–Kier alpha value is -2.09. The van der Waals surface area contributed by atoms with Crippen LogP contribution in [0.2, 0.25) is 0 Å². The molecule has 0 amide bonds. The molecule has 0 bridgehead atoms. The maximum Gasteiger partial charge on any atom is 0.136 e. The first-order chi connectivity index (χ1) is 14.3. The van der Waals surface area contributed by atoms with Gasteiger partial charge in [-0.05, 0) is 45.4 Å². The van der Waals surface area contributed by atoms with Gasteiger partial charge >= 0.3 is 0 Å². The highest BCUT2D eigenvalue weighted by molar-refractivity contribution is 5.51. The van der Waals surface area contributed by atoms with Crippen LogP contribution in [-0.4, -0.2) is 71.5 Å². The molecule has 2 heterocycles. The van der Waals surface area contributed by atoms with E-state index in [0.717, 1.165) is 54.6 Å². The Bertz CT molecular complexity index is 838. The third kappa shape index (κ3) is 6.20. The molecule has 0 aliphatic carbocycles. The summed E-state index contributed by atoms with van der Waals surface area (Å²) in [5.74, 6) is 1.45. The minimum Gasteiger partial charge on any atom is -0.389 e. The number of hydrogen-bond acceptors (Lipinski definition) is 6. The van der Waals surface area contributed by atoms with E-state index in [1.54, 1.807) is 12.1 Å². The van der Waals surface area contributed by atoms with Gasteiger partial charge in [0.05, 0.1) is 18.8 Å². The van der Waals surface area contributed by atoms with Crippen LogP contribution >= 0.6 is 0 Å². The van der Waals surface area contributed by atoms with Gasteiger partial charge in [0.15, 0.2) is 0 Å². The van der Waals surface area contributed by atoms with Crippen molar-refractivity contribution in [3.8, 4) is 0 Å². The fourth-order valence-electron chi connectivity index (χ4n) is 3.83. The first kappa shape index (κ1) is 22.6. The number of nitrogens with zero attached hydrogens (tertiary/aromatic N) is 4. The van der Waals surface area contributed by atoms with Gasteiger partial charge in [0.25, 0.3) is 0 Å². The minimum absolute atomic E-state index is 0.122. The van der Waals surface area contributed by atoms with E-state index in [9.17, 15) is 9.50 Å². The van der Waals surface area contributed by atoms with Crippen molar-refractivity contribution < 1.29 is 14.2 Å². The van der Waals surface area contributed by atoms with Gasteiger partial charge in [-0.25, -0.2) is 14.4 Å². The number of aliphatic hydroxyl groups excluding tert-OH is 1. The lowest BCUT2D eigenvalue weighted by atomic mass is 10.0. The number of ether oxygens (including phenoxy) is 1. The zero-order chi connectivity index (χ0) is 21.7. The SMILES string of the molecule is Cc1nc(C)c(Cc2cccc(F)c2)c(N2CCN(C[C@H](O)COC(C)C)CC2)n1. The summed E-state index contributed by atoms with van der Waals surface area (Å²) >= 11 is 0. The van der Waals surface area contributed by atoms with Crippen LogP contribution in [0.3, 0.4) is 0 Å². The number of halogens is 1. The predicted molar refractivity (Wildman–Crippen MR) is 116 cm³/mol. The molecule has 6 nitrogen and oxygen atoms in total. The van der Waals surface area contributed by atoms with E-state index in [1.165, 1.54) is 6.07 Å². The van der Waals surface area contributed by atoms with E-state index < -0.39 is 6.10 Å². The highest BCUT2D eigenvalue weighted by Crippen LogP contribution is 2.25. The van der Waals surface area contributed by atoms with Crippen molar-refractivity contribution in [2.45, 2.75) is 46.3 Å². The van der Waals surface area contributed by atoms with Crippen molar-refractivity contribution in [2.75, 3.05) is 44.2 Å². The Morgan fingerprint density at radius 2 is 1.87 bits per heavy atom. The standard InChI is InChI=1S/C23H33FN4O2/c1-16(2)30-15-21(29)14-27-8-10-28(11-9-27)23-22(17(3)25-18(4)26-23)13-19-6-5-7-20(24)12-19/h5-7,12,16,21,29H,8-11,13-15H2,1-4H3/t21-/m0/s1. The smallest absolute Gasteiger partial charge is 0.136 e. The second kappa shape index (κ2) is 10.3. The fourth-order valence-corrected chi connectivity index (χ4v) is 3.83. The molecule has 1 aromatic carbocycles. The second-order valence-corrected chi connectivity index (χ2v) is 8.29. The predicted octanol–water partition coefficient (Wildman–Crippen LogP) is 2.73. The number of aryl methyl sites for hydroxylation is 2. The van der Waals surface area contributed by atoms with E-state index in [4.69, 9.17) is 9.72 Å². The molecule has 3 rings (SSSR count). The zero-order valence-corrected chi connectivity index (χ0v) is 18.4. The van der Waals surface area contributed by atoms with Crippen LogP contribution in [0.4, 0.5) is 10.2 Å². The lowest BCUT2D eigenvalue weighted by Crippen LogP contribution is -2.49. The van der Waals surface area contributed by atoms with Gasteiger partial charge < -0.3 is 14.7 Å². The van der Waals surface area contributed by atoms with Crippen LogP contribution in [0.1, 0.15) is 36.5 Å². The molecular weight excluding hydrogens is 383 g/mol. The highest BCUT2D eigenvalue weighted by Gasteiger charge is 2.23. The van der Waals surface area contributed by atoms with Crippen LogP contribution in [0.15, 0.2) is 24.3 Å². The summed E-state index contributed by atoms with van der Waals surface area (Å²) in [5.41, 5.74) is 2.90. The molecule has 0 radical (unpaired) electrons. The van der Waals surface area contributed by atoms with Crippen LogP contribution in [0.5, 0.6) is 0 Å². The molecule has 1 atom stereocenters. The van der Waals surface area contributed by atoms with Crippen LogP contribution in [0, 0.1) is 19.7 Å². The quantitative estimate of drug-likeness (QED) is 0.714. The Morgan fingerprint density at radius 1 is 1.13 bits per heavy atom. The van der Waals surface area contributed by atoms with Crippen LogP contribution < -0.4 is 4.90 Å². The maximum absolute atomic E-state index is 13.7. The third-order valence-corrected chi connectivity index (χ3v) is 5.34. The summed E-state index contributed by atoms with van der Waals surface area (Å²) in [6.45, 7) is 12.2. The molecule has 1 saturated heterocycles. The number of aromatic nitrogens is 2. The lowest BCUT2D eigenvalue weighted by Gasteiger charge is -2.37. The van der Waals surface area contributed by atoms with Gasteiger partial charge in [-0.1, -0.05) is 12.1 Å². The van der Waals surface area contributed by atoms with Crippen molar-refractivity contribution in [3.05, 3.63) is 52.7 Å². The molecule has 1 aliphatic rings. The number of β-amino-alcohol motifs (C(OH)–C–C–N with tert-alkyl or cyclic N) is 1. The molecule has 164 valence electrons. The number of rotatable bonds is 8. The van der Waals surface area contributed by atoms with Gasteiger partial charge in [-0.15, -0.1) is 0 Å². The van der Waals surface area contributed by atoms with Crippen LogP contribution in [0.25, 0.3) is 0 Å². The monoisotopic (exact) mass is 416 g/mol. The van der Waals surface area contributed by atoms with E-state index in [0.29, 0.717) is 19.6 Å². The van der Waals surface area contributed by atoms with Crippen molar-refractivity contribution in [1.82, 2.24) is 14.9 Å². The molecule has 7 heteroatoms. The fraction of sp³-hybridized carbons (Fsp3) is 0.565. The first-order valence-corrected chi connectivity index (χ1v) is 10.7. The van der Waals surface area contributed by atoms with Crippen molar-refractivity contribution >= 4 is 5.82 Å². The van der Waals surface area contributed by atoms with Gasteiger partial charge in [-0.3, -0.25) is 4.90 Å². The lowest BCUT2D eigenvalue weighted by molar-refractivity contribution is -0.00901. The number of benzene rings is 1. The Balaban J connectivity index is 1.68. The molecule has 30 heavy (non-hydrogen) atoms. The Kier molecular flexibility index (Phi) is 7.75. The summed E-state index contributed by atoms with van der Waals surface area (Å²) in [6.07, 6.45) is 0.244. The number of hydrogen-bond donors (Lipinski definition) is 1. The number of aliphatic hydroxyl groups is 1. The topological polar surface area (TPSA) is 61.7 Å². The molecular formula is C23H33FN4O2. The number of piperazine rings is 1. The normalized spacial score (nSPS) is 16.3. The van der Waals surface area contributed by atoms with Gasteiger partial charge in [0, 0.05) is 50.4 Å². The second-order valence-electron chi connectivity index (χ2n) is 8.29. The summed E-state index contributed by atoms with van der Waals surface area (Å²) < 4.78 is 19.2. The average Bonchev–Trinajstić information content (AvgIpc) is 2.69. The number of anilines is 1. The van der Waals surface area contributed by atoms with Crippen LogP contribution in [-0.2, 0) is 11.2 Å². The van der Waals surface area contributed by atoms with E-state index in [-0.39, 0.29) is 11.9 Å². The van der Waals surface area contributed by atoms with E-state index in [2.05, 4.69) is 14.8 Å². The third-order valence-electron chi connectivity index (χ3n) is 5.34. The summed E-state index contributed by atoms with van der Waals surface area (Å²) in [4.78, 5) is 13.8. The molecule has 0 spiro atoms. The van der Waals surface area contributed by atoms with Gasteiger partial charge in [-0.2, -0.15) is 0 Å². The minimum atomic E-state index is -0.481. The first-order valence-electron chi connectivity index (χ1n) is 10.7. The van der Waals surface area contributed by atoms with Crippen molar-refractivity contribution in [1.29, 1.82) is 0 Å². The summed E-state index contributed by atoms with van der Waals surface area (Å²) in [5, 5.41) is 10.2. The maximum atomic E-state index is 13.7. The largest absolute Gasteiger partial charge is 0.389 e. The molecule has 1 aromatic heterocycles. The van der Waals surface area contributed by atoms with Gasteiger partial charge in [0.1, 0.15) is 17.5 Å². The Labute approximate surface area is 178 Å². The molecule has 1 fully saturated rings. The molecule has 1 N–H and O–H groups in total. The van der Waals surface area contributed by atoms with Gasteiger partial charge in [0.2, 0.25) is 0 Å². The highest BCUT2D eigenvalue weighted by atomic mass is 19.1. The van der Waals surface area contributed by atoms with Crippen molar-refractivity contribution in [2.24, 2.45) is 0 Å². The molecule has 2 aromatic rings. The van der Waals surface area contributed by atoms with E-state index in [1.807, 2.05) is 33.8 Å². The van der Waals surface area contributed by atoms with E-state index >= 15 is 0 Å². The molecule has 0 saturated carbocycles. The molecule has 0 unspecified atom stereocenters. The summed E-state index contributed by atoms with van der Waals surface area (Å²) in [6, 6.07) is 6.71. The molecule has 1 aliphatic heterocycles. The summed E-state index contributed by atoms with van der Waals surface area (Å²) in [7, 11) is 0. The zero-order valence-electron chi connectivity index (χ0n) is 18.4. The van der Waals surface area contributed by atoms with Crippen molar-refractivity contribution in [3.63, 3.8) is 0 Å². The Morgan fingerprint density at radius 3 is 2.53 bits per heavy atom.